The van der Waals surface area contributed by atoms with Crippen molar-refractivity contribution < 1.29 is 14.3 Å². The molecular formula is C22H23Cl2N3O3. The lowest BCUT2D eigenvalue weighted by atomic mass is 10.1. The monoisotopic (exact) mass is 447 g/mol. The van der Waals surface area contributed by atoms with Crippen LogP contribution in [0.5, 0.6) is 0 Å². The highest BCUT2D eigenvalue weighted by Gasteiger charge is 2.31. The Labute approximate surface area is 185 Å². The van der Waals surface area contributed by atoms with Gasteiger partial charge < -0.3 is 19.4 Å². The molecule has 30 heavy (non-hydrogen) atoms. The molecule has 0 N–H and O–H groups in total. The molecule has 0 radical (unpaired) electrons. The summed E-state index contributed by atoms with van der Waals surface area (Å²) in [5.41, 5.74) is 3.38. The molecule has 0 spiro atoms. The Morgan fingerprint density at radius 2 is 1.67 bits per heavy atom. The van der Waals surface area contributed by atoms with Gasteiger partial charge in [0.25, 0.3) is 5.91 Å². The van der Waals surface area contributed by atoms with E-state index in [1.54, 1.807) is 23.1 Å². The summed E-state index contributed by atoms with van der Waals surface area (Å²) in [6.45, 7) is 5.97. The fourth-order valence-electron chi connectivity index (χ4n) is 3.99. The minimum atomic E-state index is -0.283. The van der Waals surface area contributed by atoms with Crippen LogP contribution in [-0.4, -0.2) is 62.7 Å². The van der Waals surface area contributed by atoms with Gasteiger partial charge in [-0.2, -0.15) is 0 Å². The van der Waals surface area contributed by atoms with Crippen molar-refractivity contribution in [2.24, 2.45) is 0 Å². The standard InChI is InChI=1S/C22H23Cl2N3O3/c1-15-18(25-10-12-30-13-11-25)6-3-7-19(15)27-9-8-26(14-20(27)28)22(29)16-4-2-5-17(23)21(16)24/h2-7H,8-14H2,1H3. The van der Waals surface area contributed by atoms with Crippen molar-refractivity contribution in [2.75, 3.05) is 55.7 Å². The van der Waals surface area contributed by atoms with E-state index in [9.17, 15) is 9.59 Å². The van der Waals surface area contributed by atoms with Crippen molar-refractivity contribution in [2.45, 2.75) is 6.92 Å². The van der Waals surface area contributed by atoms with Crippen molar-refractivity contribution in [1.82, 2.24) is 4.90 Å². The third-order valence-electron chi connectivity index (χ3n) is 5.61. The first-order chi connectivity index (χ1) is 14.5. The van der Waals surface area contributed by atoms with E-state index in [0.29, 0.717) is 36.9 Å². The summed E-state index contributed by atoms with van der Waals surface area (Å²) in [5.74, 6) is -0.399. The molecule has 2 aliphatic rings. The van der Waals surface area contributed by atoms with Gasteiger partial charge in [-0.25, -0.2) is 0 Å². The average molecular weight is 448 g/mol. The molecule has 8 heteroatoms. The molecule has 0 bridgehead atoms. The fraction of sp³-hybridized carbons (Fsp3) is 0.364. The van der Waals surface area contributed by atoms with E-state index in [-0.39, 0.29) is 23.4 Å². The molecule has 6 nitrogen and oxygen atoms in total. The van der Waals surface area contributed by atoms with E-state index < -0.39 is 0 Å². The maximum atomic E-state index is 13.0. The molecule has 0 aromatic heterocycles. The predicted octanol–water partition coefficient (Wildman–Crippen LogP) is 3.63. The Kier molecular flexibility index (Phi) is 6.18. The zero-order chi connectivity index (χ0) is 21.3. The molecular weight excluding hydrogens is 425 g/mol. The second-order valence-corrected chi connectivity index (χ2v) is 8.18. The van der Waals surface area contributed by atoms with Crippen LogP contribution in [-0.2, 0) is 9.53 Å². The van der Waals surface area contributed by atoms with Crippen LogP contribution in [0.15, 0.2) is 36.4 Å². The number of benzene rings is 2. The van der Waals surface area contributed by atoms with E-state index in [1.807, 2.05) is 19.1 Å². The van der Waals surface area contributed by atoms with Gasteiger partial charge in [-0.3, -0.25) is 9.59 Å². The van der Waals surface area contributed by atoms with Crippen LogP contribution in [0.4, 0.5) is 11.4 Å². The van der Waals surface area contributed by atoms with Gasteiger partial charge in [-0.15, -0.1) is 0 Å². The van der Waals surface area contributed by atoms with Crippen molar-refractivity contribution >= 4 is 46.4 Å². The number of carbonyl (C=O) groups excluding carboxylic acids is 2. The second kappa shape index (κ2) is 8.84. The van der Waals surface area contributed by atoms with Crippen molar-refractivity contribution in [1.29, 1.82) is 0 Å². The molecule has 2 aliphatic heterocycles. The number of carbonyl (C=O) groups is 2. The highest BCUT2D eigenvalue weighted by molar-refractivity contribution is 6.43. The summed E-state index contributed by atoms with van der Waals surface area (Å²) in [4.78, 5) is 31.4. The summed E-state index contributed by atoms with van der Waals surface area (Å²) < 4.78 is 5.45. The maximum Gasteiger partial charge on any atom is 0.255 e. The lowest BCUT2D eigenvalue weighted by molar-refractivity contribution is -0.120. The number of nitrogens with zero attached hydrogens (tertiary/aromatic N) is 3. The van der Waals surface area contributed by atoms with Gasteiger partial charge in [0.2, 0.25) is 5.91 Å². The summed E-state index contributed by atoms with van der Waals surface area (Å²) in [7, 11) is 0. The van der Waals surface area contributed by atoms with Crippen molar-refractivity contribution in [3.8, 4) is 0 Å². The Balaban J connectivity index is 1.52. The fourth-order valence-corrected chi connectivity index (χ4v) is 4.37. The maximum absolute atomic E-state index is 13.0. The van der Waals surface area contributed by atoms with Gasteiger partial charge in [0.05, 0.1) is 28.8 Å². The van der Waals surface area contributed by atoms with E-state index in [2.05, 4.69) is 11.0 Å². The largest absolute Gasteiger partial charge is 0.378 e. The predicted molar refractivity (Wildman–Crippen MR) is 119 cm³/mol. The van der Waals surface area contributed by atoms with Crippen LogP contribution in [0.3, 0.4) is 0 Å². The molecule has 2 amide bonds. The topological polar surface area (TPSA) is 53.1 Å². The van der Waals surface area contributed by atoms with E-state index >= 15 is 0 Å². The zero-order valence-corrected chi connectivity index (χ0v) is 18.2. The number of morpholine rings is 1. The zero-order valence-electron chi connectivity index (χ0n) is 16.7. The van der Waals surface area contributed by atoms with Gasteiger partial charge in [0, 0.05) is 37.6 Å². The molecule has 0 aliphatic carbocycles. The molecule has 0 unspecified atom stereocenters. The lowest BCUT2D eigenvalue weighted by Crippen LogP contribution is -2.52. The molecule has 0 saturated carbocycles. The number of piperazine rings is 1. The van der Waals surface area contributed by atoms with Crippen LogP contribution < -0.4 is 9.80 Å². The molecule has 2 aromatic carbocycles. The van der Waals surface area contributed by atoms with Gasteiger partial charge in [-0.05, 0) is 36.8 Å². The van der Waals surface area contributed by atoms with Crippen molar-refractivity contribution in [3.63, 3.8) is 0 Å². The van der Waals surface area contributed by atoms with Crippen LogP contribution >= 0.6 is 23.2 Å². The summed E-state index contributed by atoms with van der Waals surface area (Å²) in [6, 6.07) is 11.0. The van der Waals surface area contributed by atoms with Crippen molar-refractivity contribution in [3.05, 3.63) is 57.6 Å². The normalized spacial score (nSPS) is 17.4. The summed E-state index contributed by atoms with van der Waals surface area (Å²) in [5, 5.41) is 0.538. The SMILES string of the molecule is Cc1c(N2CCOCC2)cccc1N1CCN(C(=O)c2cccc(Cl)c2Cl)CC1=O. The smallest absolute Gasteiger partial charge is 0.255 e. The van der Waals surface area contributed by atoms with E-state index in [1.165, 1.54) is 4.90 Å². The highest BCUT2D eigenvalue weighted by Crippen LogP contribution is 2.32. The Morgan fingerprint density at radius 1 is 0.967 bits per heavy atom. The first kappa shape index (κ1) is 21.0. The molecule has 2 saturated heterocycles. The van der Waals surface area contributed by atoms with Gasteiger partial charge in [0.15, 0.2) is 0 Å². The first-order valence-corrected chi connectivity index (χ1v) is 10.7. The molecule has 0 atom stereocenters. The number of amides is 2. The van der Waals surface area contributed by atoms with Crippen LogP contribution in [0.25, 0.3) is 0 Å². The molecule has 4 rings (SSSR count). The number of halogens is 2. The van der Waals surface area contributed by atoms with E-state index in [0.717, 1.165) is 30.0 Å². The summed E-state index contributed by atoms with van der Waals surface area (Å²) >= 11 is 12.2. The van der Waals surface area contributed by atoms with Gasteiger partial charge >= 0.3 is 0 Å². The number of anilines is 2. The molecule has 2 heterocycles. The molecule has 2 aromatic rings. The molecule has 2 fully saturated rings. The molecule has 158 valence electrons. The minimum Gasteiger partial charge on any atom is -0.378 e. The number of rotatable bonds is 3. The van der Waals surface area contributed by atoms with Gasteiger partial charge in [-0.1, -0.05) is 35.3 Å². The third-order valence-corrected chi connectivity index (χ3v) is 6.43. The third kappa shape index (κ3) is 4.00. The average Bonchev–Trinajstić information content (AvgIpc) is 2.76. The lowest BCUT2D eigenvalue weighted by Gasteiger charge is -2.36. The van der Waals surface area contributed by atoms with Crippen LogP contribution in [0, 0.1) is 6.92 Å². The Morgan fingerprint density at radius 3 is 2.40 bits per heavy atom. The van der Waals surface area contributed by atoms with Gasteiger partial charge in [0.1, 0.15) is 6.54 Å². The quantitative estimate of drug-likeness (QED) is 0.720. The Hall–Kier alpha value is -2.28. The first-order valence-electron chi connectivity index (χ1n) is 9.93. The van der Waals surface area contributed by atoms with E-state index in [4.69, 9.17) is 27.9 Å². The number of hydrogen-bond donors (Lipinski definition) is 0. The summed E-state index contributed by atoms with van der Waals surface area (Å²) in [6.07, 6.45) is 0. The second-order valence-electron chi connectivity index (χ2n) is 7.39. The highest BCUT2D eigenvalue weighted by atomic mass is 35.5. The number of hydrogen-bond acceptors (Lipinski definition) is 4. The number of ether oxygens (including phenoxy) is 1. The minimum absolute atomic E-state index is 0.00287. The van der Waals surface area contributed by atoms with Crippen LogP contribution in [0.1, 0.15) is 15.9 Å². The Bertz CT molecular complexity index is 976. The van der Waals surface area contributed by atoms with Crippen LogP contribution in [0.2, 0.25) is 10.0 Å².